The van der Waals surface area contributed by atoms with Gasteiger partial charge in [0.15, 0.2) is 0 Å². The molecular weight excluding hydrogens is 366 g/mol. The Hall–Kier alpha value is -1.63. The Bertz CT molecular complexity index is 645. The van der Waals surface area contributed by atoms with Crippen LogP contribution < -0.4 is 5.32 Å². The Kier molecular flexibility index (Phi) is 9.22. The van der Waals surface area contributed by atoms with Crippen molar-refractivity contribution in [2.75, 3.05) is 31.5 Å². The zero-order valence-electron chi connectivity index (χ0n) is 16.7. The second kappa shape index (κ2) is 10.6. The van der Waals surface area contributed by atoms with Crippen molar-refractivity contribution in [1.29, 1.82) is 0 Å². The van der Waals surface area contributed by atoms with Gasteiger partial charge in [0, 0.05) is 24.8 Å². The van der Waals surface area contributed by atoms with Gasteiger partial charge in [-0.05, 0) is 63.4 Å². The first-order valence-corrected chi connectivity index (χ1v) is 9.39. The van der Waals surface area contributed by atoms with Crippen molar-refractivity contribution < 1.29 is 14.7 Å². The maximum absolute atomic E-state index is 12.6. The lowest BCUT2D eigenvalue weighted by molar-refractivity contribution is -0.139. The van der Waals surface area contributed by atoms with Crippen LogP contribution in [0.15, 0.2) is 18.2 Å². The Balaban J connectivity index is 0.00000364. The number of carbonyl (C=O) groups is 2. The molecular formula is C20H32ClN3O3. The van der Waals surface area contributed by atoms with Gasteiger partial charge in [-0.1, -0.05) is 13.0 Å². The van der Waals surface area contributed by atoms with Crippen molar-refractivity contribution in [2.45, 2.75) is 52.6 Å². The van der Waals surface area contributed by atoms with E-state index in [4.69, 9.17) is 5.11 Å². The molecule has 0 aliphatic carbocycles. The Morgan fingerprint density at radius 2 is 1.89 bits per heavy atom. The number of likely N-dealkylation sites (N-methyl/N-ethyl adjacent to an activating group) is 1. The molecule has 1 amide bonds. The van der Waals surface area contributed by atoms with Crippen molar-refractivity contribution in [3.8, 4) is 0 Å². The van der Waals surface area contributed by atoms with Crippen LogP contribution >= 0.6 is 12.4 Å². The van der Waals surface area contributed by atoms with Crippen LogP contribution in [0, 0.1) is 13.8 Å². The van der Waals surface area contributed by atoms with E-state index < -0.39 is 5.97 Å². The lowest BCUT2D eigenvalue weighted by atomic mass is 10.0. The molecule has 0 spiro atoms. The summed E-state index contributed by atoms with van der Waals surface area (Å²) in [6.45, 7) is 10.5. The van der Waals surface area contributed by atoms with Crippen molar-refractivity contribution >= 4 is 30.0 Å². The van der Waals surface area contributed by atoms with Gasteiger partial charge in [0.25, 0.3) is 0 Å². The van der Waals surface area contributed by atoms with Crippen molar-refractivity contribution in [1.82, 2.24) is 9.80 Å². The van der Waals surface area contributed by atoms with E-state index in [-0.39, 0.29) is 36.9 Å². The van der Waals surface area contributed by atoms with E-state index in [2.05, 4.69) is 17.1 Å². The van der Waals surface area contributed by atoms with Crippen molar-refractivity contribution in [3.05, 3.63) is 29.3 Å². The van der Waals surface area contributed by atoms with Crippen molar-refractivity contribution in [2.24, 2.45) is 0 Å². The first kappa shape index (κ1) is 23.4. The van der Waals surface area contributed by atoms with Gasteiger partial charge in [0.2, 0.25) is 5.91 Å². The number of carbonyl (C=O) groups excluding carboxylic acids is 1. The molecule has 0 radical (unpaired) electrons. The van der Waals surface area contributed by atoms with E-state index in [0.29, 0.717) is 0 Å². The zero-order valence-corrected chi connectivity index (χ0v) is 17.5. The Labute approximate surface area is 168 Å². The van der Waals surface area contributed by atoms with Crippen LogP contribution in [0.25, 0.3) is 0 Å². The molecule has 1 aliphatic rings. The normalized spacial score (nSPS) is 16.6. The predicted molar refractivity (Wildman–Crippen MR) is 111 cm³/mol. The number of halogens is 1. The number of rotatable bonds is 7. The summed E-state index contributed by atoms with van der Waals surface area (Å²) in [6, 6.07) is 6.03. The summed E-state index contributed by atoms with van der Waals surface area (Å²) in [5, 5.41) is 12.0. The smallest absolute Gasteiger partial charge is 0.317 e. The number of nitrogens with zero attached hydrogens (tertiary/aromatic N) is 2. The highest BCUT2D eigenvalue weighted by Gasteiger charge is 2.29. The summed E-state index contributed by atoms with van der Waals surface area (Å²) in [5.41, 5.74) is 3.20. The van der Waals surface area contributed by atoms with Gasteiger partial charge in [-0.15, -0.1) is 12.4 Å². The Morgan fingerprint density at radius 3 is 2.41 bits per heavy atom. The van der Waals surface area contributed by atoms with Gasteiger partial charge in [-0.2, -0.15) is 0 Å². The van der Waals surface area contributed by atoms with E-state index in [9.17, 15) is 9.59 Å². The van der Waals surface area contributed by atoms with Gasteiger partial charge in [-0.25, -0.2) is 0 Å². The van der Waals surface area contributed by atoms with Gasteiger partial charge in [0.05, 0.1) is 12.6 Å². The number of benzene rings is 1. The summed E-state index contributed by atoms with van der Waals surface area (Å²) >= 11 is 0. The standard InChI is InChI=1S/C20H31N3O3.ClH/c1-5-22(13-19(24)25)18-8-10-23(11-9-18)16(4)20(26)21-17-7-6-14(2)15(3)12-17;/h6-7,12,16,18H,5,8-11,13H2,1-4H3,(H,21,26)(H,24,25);1H. The topological polar surface area (TPSA) is 72.9 Å². The van der Waals surface area contributed by atoms with E-state index >= 15 is 0 Å². The molecule has 1 fully saturated rings. The van der Waals surface area contributed by atoms with Crippen molar-refractivity contribution in [3.63, 3.8) is 0 Å². The maximum atomic E-state index is 12.6. The molecule has 0 saturated carbocycles. The third kappa shape index (κ3) is 6.48. The second-order valence-corrected chi connectivity index (χ2v) is 7.19. The molecule has 1 atom stereocenters. The fourth-order valence-corrected chi connectivity index (χ4v) is 3.54. The molecule has 1 aromatic carbocycles. The monoisotopic (exact) mass is 397 g/mol. The Morgan fingerprint density at radius 1 is 1.26 bits per heavy atom. The number of piperidine rings is 1. The molecule has 1 heterocycles. The first-order chi connectivity index (χ1) is 12.3. The second-order valence-electron chi connectivity index (χ2n) is 7.19. The highest BCUT2D eigenvalue weighted by Crippen LogP contribution is 2.20. The molecule has 0 bridgehead atoms. The highest BCUT2D eigenvalue weighted by molar-refractivity contribution is 5.94. The van der Waals surface area contributed by atoms with E-state index in [1.54, 1.807) is 0 Å². The molecule has 1 unspecified atom stereocenters. The quantitative estimate of drug-likeness (QED) is 0.740. The van der Waals surface area contributed by atoms with Gasteiger partial charge in [0.1, 0.15) is 0 Å². The lowest BCUT2D eigenvalue weighted by Gasteiger charge is -2.39. The minimum Gasteiger partial charge on any atom is -0.480 e. The average Bonchev–Trinajstić information content (AvgIpc) is 2.62. The van der Waals surface area contributed by atoms with Crippen LogP contribution in [0.1, 0.15) is 37.8 Å². The number of aliphatic carboxylic acids is 1. The number of likely N-dealkylation sites (tertiary alicyclic amines) is 1. The van der Waals surface area contributed by atoms with Gasteiger partial charge >= 0.3 is 5.97 Å². The van der Waals surface area contributed by atoms with Crippen LogP contribution in [0.3, 0.4) is 0 Å². The molecule has 27 heavy (non-hydrogen) atoms. The number of anilines is 1. The minimum atomic E-state index is -0.782. The molecule has 7 heteroatoms. The van der Waals surface area contributed by atoms with Crippen LogP contribution in [0.2, 0.25) is 0 Å². The molecule has 1 aromatic rings. The molecule has 152 valence electrons. The summed E-state index contributed by atoms with van der Waals surface area (Å²) in [5.74, 6) is -0.778. The summed E-state index contributed by atoms with van der Waals surface area (Å²) in [6.07, 6.45) is 1.78. The SMILES string of the molecule is CCN(CC(=O)O)C1CCN(C(C)C(=O)Nc2ccc(C)c(C)c2)CC1.Cl. The third-order valence-corrected chi connectivity index (χ3v) is 5.46. The molecule has 1 saturated heterocycles. The fourth-order valence-electron chi connectivity index (χ4n) is 3.54. The number of carboxylic acids is 1. The van der Waals surface area contributed by atoms with E-state index in [0.717, 1.165) is 43.7 Å². The molecule has 1 aliphatic heterocycles. The average molecular weight is 398 g/mol. The van der Waals surface area contributed by atoms with Crippen LogP contribution in [-0.2, 0) is 9.59 Å². The first-order valence-electron chi connectivity index (χ1n) is 9.39. The summed E-state index contributed by atoms with van der Waals surface area (Å²) < 4.78 is 0. The predicted octanol–water partition coefficient (Wildman–Crippen LogP) is 2.92. The van der Waals surface area contributed by atoms with Crippen LogP contribution in [0.5, 0.6) is 0 Å². The minimum absolute atomic E-state index is 0. The maximum Gasteiger partial charge on any atom is 0.317 e. The molecule has 2 rings (SSSR count). The molecule has 2 N–H and O–H groups in total. The number of nitrogens with one attached hydrogen (secondary N) is 1. The number of carboxylic acid groups (broad SMARTS) is 1. The number of aryl methyl sites for hydroxylation is 2. The van der Waals surface area contributed by atoms with Gasteiger partial charge < -0.3 is 10.4 Å². The largest absolute Gasteiger partial charge is 0.480 e. The van der Waals surface area contributed by atoms with E-state index in [1.807, 2.05) is 43.9 Å². The zero-order chi connectivity index (χ0) is 19.3. The summed E-state index contributed by atoms with van der Waals surface area (Å²) in [4.78, 5) is 27.8. The van der Waals surface area contributed by atoms with Crippen LogP contribution in [-0.4, -0.2) is 65.0 Å². The van der Waals surface area contributed by atoms with E-state index in [1.165, 1.54) is 5.56 Å². The number of amides is 1. The molecule has 0 aromatic heterocycles. The number of hydrogen-bond donors (Lipinski definition) is 2. The van der Waals surface area contributed by atoms with Crippen LogP contribution in [0.4, 0.5) is 5.69 Å². The lowest BCUT2D eigenvalue weighted by Crippen LogP contribution is -2.51. The molecule has 6 nitrogen and oxygen atoms in total. The van der Waals surface area contributed by atoms with Gasteiger partial charge in [-0.3, -0.25) is 19.4 Å². The highest BCUT2D eigenvalue weighted by atomic mass is 35.5. The third-order valence-electron chi connectivity index (χ3n) is 5.46. The number of hydrogen-bond acceptors (Lipinski definition) is 4. The summed E-state index contributed by atoms with van der Waals surface area (Å²) in [7, 11) is 0. The fraction of sp³-hybridized carbons (Fsp3) is 0.600.